The van der Waals surface area contributed by atoms with Crippen LogP contribution in [-0.4, -0.2) is 45.7 Å². The molecule has 4 fully saturated rings. The van der Waals surface area contributed by atoms with Crippen LogP contribution in [0.25, 0.3) is 0 Å². The third kappa shape index (κ3) is 1.73. The van der Waals surface area contributed by atoms with Crippen molar-refractivity contribution >= 4 is 11.6 Å². The van der Waals surface area contributed by atoms with E-state index in [1.54, 1.807) is 12.2 Å². The molecule has 146 valence electrons. The molecule has 27 heavy (non-hydrogen) atoms. The van der Waals surface area contributed by atoms with Crippen LogP contribution < -0.4 is 0 Å². The third-order valence-electron chi connectivity index (χ3n) is 9.08. The van der Waals surface area contributed by atoms with Crippen LogP contribution in [0.2, 0.25) is 0 Å². The molecule has 3 saturated carbocycles. The smallest absolute Gasteiger partial charge is 0.190 e. The maximum absolute atomic E-state index is 12.6. The summed E-state index contributed by atoms with van der Waals surface area (Å²) in [6.07, 6.45) is 8.58. The molecular formula is C22H28O5. The minimum atomic E-state index is -1.50. The van der Waals surface area contributed by atoms with Gasteiger partial charge in [-0.15, -0.1) is 0 Å². The van der Waals surface area contributed by atoms with Gasteiger partial charge in [0, 0.05) is 10.8 Å². The normalized spacial score (nSPS) is 55.1. The van der Waals surface area contributed by atoms with E-state index in [1.165, 1.54) is 0 Å². The van der Waals surface area contributed by atoms with E-state index in [0.29, 0.717) is 6.42 Å². The van der Waals surface area contributed by atoms with Gasteiger partial charge in [-0.1, -0.05) is 25.5 Å². The molecule has 1 saturated heterocycles. The lowest BCUT2D eigenvalue weighted by atomic mass is 9.46. The molecule has 0 aromatic rings. The number of carbonyl (C=O) groups excluding carboxylic acids is 2. The van der Waals surface area contributed by atoms with Crippen molar-refractivity contribution in [2.75, 3.05) is 6.61 Å². The lowest BCUT2D eigenvalue weighted by molar-refractivity contribution is -0.165. The van der Waals surface area contributed by atoms with Crippen molar-refractivity contribution in [1.29, 1.82) is 0 Å². The number of rotatable bonds is 2. The van der Waals surface area contributed by atoms with Crippen LogP contribution in [0.15, 0.2) is 23.8 Å². The van der Waals surface area contributed by atoms with Crippen molar-refractivity contribution in [3.63, 3.8) is 0 Å². The van der Waals surface area contributed by atoms with Gasteiger partial charge in [0.25, 0.3) is 0 Å². The number of aliphatic hydroxyl groups excluding tert-OH is 1. The molecule has 8 atom stereocenters. The molecule has 2 N–H and O–H groups in total. The summed E-state index contributed by atoms with van der Waals surface area (Å²) in [4.78, 5) is 24.5. The Morgan fingerprint density at radius 2 is 2.07 bits per heavy atom. The fraction of sp³-hybridized carbons (Fsp3) is 0.727. The highest BCUT2D eigenvalue weighted by atomic mass is 16.6. The van der Waals surface area contributed by atoms with E-state index in [1.807, 2.05) is 19.9 Å². The molecule has 0 amide bonds. The maximum Gasteiger partial charge on any atom is 0.190 e. The predicted octanol–water partition coefficient (Wildman–Crippen LogP) is 1.96. The van der Waals surface area contributed by atoms with Gasteiger partial charge in [0.2, 0.25) is 0 Å². The van der Waals surface area contributed by atoms with E-state index in [-0.39, 0.29) is 40.7 Å². The fourth-order valence-electron chi connectivity index (χ4n) is 7.70. The van der Waals surface area contributed by atoms with Crippen LogP contribution in [0.4, 0.5) is 0 Å². The highest BCUT2D eigenvalue weighted by Gasteiger charge is 2.81. The predicted molar refractivity (Wildman–Crippen MR) is 97.7 cm³/mol. The summed E-state index contributed by atoms with van der Waals surface area (Å²) in [5.41, 5.74) is -1.55. The summed E-state index contributed by atoms with van der Waals surface area (Å²) in [5.74, 6) is -0.193. The molecule has 5 aliphatic rings. The molecule has 1 aliphatic heterocycles. The van der Waals surface area contributed by atoms with Crippen LogP contribution in [0.3, 0.4) is 0 Å². The van der Waals surface area contributed by atoms with Gasteiger partial charge in [0.1, 0.15) is 17.8 Å². The number of fused-ring (bicyclic) bond motifs is 3. The Morgan fingerprint density at radius 1 is 1.33 bits per heavy atom. The van der Waals surface area contributed by atoms with Gasteiger partial charge in [-0.3, -0.25) is 9.59 Å². The Balaban J connectivity index is 1.60. The maximum atomic E-state index is 12.6. The van der Waals surface area contributed by atoms with Gasteiger partial charge in [-0.05, 0) is 62.5 Å². The quantitative estimate of drug-likeness (QED) is 0.724. The first-order chi connectivity index (χ1) is 12.6. The molecular weight excluding hydrogens is 344 g/mol. The fourth-order valence-corrected chi connectivity index (χ4v) is 7.70. The highest BCUT2D eigenvalue weighted by Crippen LogP contribution is 2.76. The second-order valence-electron chi connectivity index (χ2n) is 9.86. The first kappa shape index (κ1) is 17.8. The van der Waals surface area contributed by atoms with Crippen molar-refractivity contribution in [2.45, 2.75) is 63.8 Å². The first-order valence-corrected chi connectivity index (χ1v) is 10.1. The number of hydrogen-bond donors (Lipinski definition) is 2. The molecule has 0 radical (unpaired) electrons. The summed E-state index contributed by atoms with van der Waals surface area (Å²) in [7, 11) is 0. The topological polar surface area (TPSA) is 87.1 Å². The average molecular weight is 372 g/mol. The van der Waals surface area contributed by atoms with Crippen LogP contribution in [0.1, 0.15) is 46.5 Å². The summed E-state index contributed by atoms with van der Waals surface area (Å²) in [6, 6.07) is 0. The third-order valence-corrected chi connectivity index (χ3v) is 9.08. The van der Waals surface area contributed by atoms with Gasteiger partial charge in [-0.2, -0.15) is 0 Å². The molecule has 5 heteroatoms. The number of ketones is 2. The van der Waals surface area contributed by atoms with Gasteiger partial charge >= 0.3 is 0 Å². The Labute approximate surface area is 159 Å². The summed E-state index contributed by atoms with van der Waals surface area (Å²) >= 11 is 0. The summed E-state index contributed by atoms with van der Waals surface area (Å²) < 4.78 is 6.43. The molecule has 0 aromatic carbocycles. The number of hydrogen-bond acceptors (Lipinski definition) is 5. The van der Waals surface area contributed by atoms with Crippen LogP contribution in [0, 0.1) is 28.6 Å². The molecule has 0 bridgehead atoms. The van der Waals surface area contributed by atoms with Gasteiger partial charge in [0.05, 0.1) is 6.10 Å². The SMILES string of the molecule is C[C@@H]1C[C@H]2[C@@H]3CCC4=CC(=O)C=C[C@]4(C)[C@]34O[C@@H]4C[C@]2(C)[C@]1(O)C(=O)CO. The minimum Gasteiger partial charge on any atom is -0.388 e. The van der Waals surface area contributed by atoms with E-state index in [4.69, 9.17) is 4.74 Å². The zero-order chi connectivity index (χ0) is 19.4. The number of carbonyl (C=O) groups is 2. The number of Topliss-reactive ketones (excluding diaryl/α,β-unsaturated/α-hetero) is 1. The Kier molecular flexibility index (Phi) is 3.29. The number of aliphatic hydroxyl groups is 2. The monoisotopic (exact) mass is 372 g/mol. The molecule has 5 nitrogen and oxygen atoms in total. The lowest BCUT2D eigenvalue weighted by Crippen LogP contribution is -2.62. The van der Waals surface area contributed by atoms with E-state index in [0.717, 1.165) is 24.8 Å². The second-order valence-corrected chi connectivity index (χ2v) is 9.86. The minimum absolute atomic E-state index is 0.0291. The van der Waals surface area contributed by atoms with Crippen molar-refractivity contribution in [3.05, 3.63) is 23.8 Å². The lowest BCUT2D eigenvalue weighted by Gasteiger charge is -2.55. The molecule has 0 aromatic heterocycles. The van der Waals surface area contributed by atoms with Crippen molar-refractivity contribution in [1.82, 2.24) is 0 Å². The average Bonchev–Trinajstić information content (AvgIpc) is 3.31. The zero-order valence-corrected chi connectivity index (χ0v) is 16.2. The highest BCUT2D eigenvalue weighted by molar-refractivity contribution is 6.01. The second kappa shape index (κ2) is 5.00. The Morgan fingerprint density at radius 3 is 2.78 bits per heavy atom. The molecule has 4 aliphatic carbocycles. The van der Waals surface area contributed by atoms with Crippen molar-refractivity contribution < 1.29 is 24.5 Å². The van der Waals surface area contributed by atoms with Gasteiger partial charge < -0.3 is 14.9 Å². The van der Waals surface area contributed by atoms with Crippen molar-refractivity contribution in [2.24, 2.45) is 28.6 Å². The van der Waals surface area contributed by atoms with E-state index in [9.17, 15) is 19.8 Å². The number of allylic oxidation sites excluding steroid dienone is 2. The van der Waals surface area contributed by atoms with Crippen LogP contribution in [-0.2, 0) is 14.3 Å². The number of ether oxygens (including phenoxy) is 1. The molecule has 1 heterocycles. The molecule has 1 spiro atoms. The number of epoxide rings is 1. The summed E-state index contributed by atoms with van der Waals surface area (Å²) in [6.45, 7) is 5.51. The largest absolute Gasteiger partial charge is 0.388 e. The molecule has 5 rings (SSSR count). The van der Waals surface area contributed by atoms with Crippen LogP contribution >= 0.6 is 0 Å². The van der Waals surface area contributed by atoms with E-state index in [2.05, 4.69) is 6.92 Å². The van der Waals surface area contributed by atoms with Gasteiger partial charge in [0.15, 0.2) is 11.6 Å². The Bertz CT molecular complexity index is 814. The van der Waals surface area contributed by atoms with Gasteiger partial charge in [-0.25, -0.2) is 0 Å². The first-order valence-electron chi connectivity index (χ1n) is 10.1. The Hall–Kier alpha value is -1.30. The summed E-state index contributed by atoms with van der Waals surface area (Å²) in [5, 5.41) is 21.0. The van der Waals surface area contributed by atoms with Crippen molar-refractivity contribution in [3.8, 4) is 0 Å². The van der Waals surface area contributed by atoms with E-state index < -0.39 is 23.4 Å². The standard InChI is InChI=1S/C22H28O5/c1-12-8-16-15-5-4-13-9-14(24)6-7-19(13,2)22(15)18(27-22)10-20(16,3)21(12,26)17(25)11-23/h6-7,9,12,15-16,18,23,26H,4-5,8,10-11H2,1-3H3/t12-,15+,16+,18-,19+,20+,21-,22+/m1/s1. The van der Waals surface area contributed by atoms with Crippen LogP contribution in [0.5, 0.6) is 0 Å². The zero-order valence-electron chi connectivity index (χ0n) is 16.2. The van der Waals surface area contributed by atoms with E-state index >= 15 is 0 Å². The molecule has 0 unspecified atom stereocenters.